The second-order valence-electron chi connectivity index (χ2n) is 6.65. The molecule has 0 amide bonds. The van der Waals surface area contributed by atoms with Gasteiger partial charge < -0.3 is 19.3 Å². The molecule has 0 saturated carbocycles. The molecule has 0 fully saturated rings. The number of ether oxygens (including phenoxy) is 3. The normalized spacial score (nSPS) is 13.9. The molecule has 1 aromatic carbocycles. The summed E-state index contributed by atoms with van der Waals surface area (Å²) in [6, 6.07) is 5.53. The average Bonchev–Trinajstić information content (AvgIpc) is 3.14. The predicted octanol–water partition coefficient (Wildman–Crippen LogP) is 4.73. The van der Waals surface area contributed by atoms with Crippen molar-refractivity contribution in [1.29, 1.82) is 0 Å². The maximum absolute atomic E-state index is 11.9. The molecule has 6 nitrogen and oxygen atoms in total. The van der Waals surface area contributed by atoms with Gasteiger partial charge in [-0.05, 0) is 30.5 Å². The summed E-state index contributed by atoms with van der Waals surface area (Å²) in [6.45, 7) is 2.37. The Morgan fingerprint density at radius 3 is 2.64 bits per heavy atom. The number of esters is 1. The third-order valence-electron chi connectivity index (χ3n) is 4.38. The topological polar surface area (TPSA) is 82.1 Å². The lowest BCUT2D eigenvalue weighted by atomic mass is 10.1. The Morgan fingerprint density at radius 2 is 1.86 bits per heavy atom. The summed E-state index contributed by atoms with van der Waals surface area (Å²) in [5.41, 5.74) is 0.897. The lowest BCUT2D eigenvalue weighted by molar-refractivity contribution is -0.161. The van der Waals surface area contributed by atoms with Crippen molar-refractivity contribution in [3.8, 4) is 11.5 Å². The monoisotopic (exact) mass is 388 g/mol. The summed E-state index contributed by atoms with van der Waals surface area (Å²) in [5.74, 6) is -0.370. The molecule has 2 rings (SSSR count). The molecular formula is C22H28O6. The maximum atomic E-state index is 11.9. The summed E-state index contributed by atoms with van der Waals surface area (Å²) in [4.78, 5) is 23.1. The number of allylic oxidation sites excluding steroid dienone is 2. The molecule has 1 heterocycles. The summed E-state index contributed by atoms with van der Waals surface area (Å²) < 4.78 is 15.6. The van der Waals surface area contributed by atoms with Crippen molar-refractivity contribution in [1.82, 2.24) is 0 Å². The van der Waals surface area contributed by atoms with Gasteiger partial charge in [0.15, 0.2) is 17.6 Å². The molecule has 152 valence electrons. The number of carboxylic acid groups (broad SMARTS) is 1. The molecule has 1 N–H and O–H groups in total. The first-order valence-electron chi connectivity index (χ1n) is 9.78. The van der Waals surface area contributed by atoms with E-state index in [4.69, 9.17) is 14.2 Å². The summed E-state index contributed by atoms with van der Waals surface area (Å²) >= 11 is 0. The van der Waals surface area contributed by atoms with Crippen LogP contribution >= 0.6 is 0 Å². The van der Waals surface area contributed by atoms with Gasteiger partial charge in [-0.2, -0.15) is 0 Å². The van der Waals surface area contributed by atoms with Crippen LogP contribution in [0.2, 0.25) is 0 Å². The fourth-order valence-corrected chi connectivity index (χ4v) is 2.84. The molecule has 0 saturated heterocycles. The number of hydrogen-bond donors (Lipinski definition) is 1. The van der Waals surface area contributed by atoms with E-state index in [-0.39, 0.29) is 6.79 Å². The average molecular weight is 388 g/mol. The summed E-state index contributed by atoms with van der Waals surface area (Å²) in [6.07, 6.45) is 11.8. The fraction of sp³-hybridized carbons (Fsp3) is 0.455. The quantitative estimate of drug-likeness (QED) is 0.241. The molecule has 0 bridgehead atoms. The number of benzene rings is 1. The third-order valence-corrected chi connectivity index (χ3v) is 4.38. The van der Waals surface area contributed by atoms with Gasteiger partial charge >= 0.3 is 11.9 Å². The van der Waals surface area contributed by atoms with Crippen molar-refractivity contribution in [2.24, 2.45) is 0 Å². The Hall–Kier alpha value is -2.76. The van der Waals surface area contributed by atoms with Gasteiger partial charge in [0.25, 0.3) is 0 Å². The van der Waals surface area contributed by atoms with E-state index < -0.39 is 18.0 Å². The van der Waals surface area contributed by atoms with E-state index in [1.54, 1.807) is 12.2 Å². The Balaban J connectivity index is 1.74. The van der Waals surface area contributed by atoms with Crippen LogP contribution in [-0.4, -0.2) is 29.9 Å². The second kappa shape index (κ2) is 11.8. The minimum atomic E-state index is -1.11. The van der Waals surface area contributed by atoms with E-state index in [1.165, 1.54) is 25.0 Å². The van der Waals surface area contributed by atoms with Crippen LogP contribution in [0.25, 0.3) is 6.08 Å². The van der Waals surface area contributed by atoms with Crippen LogP contribution in [-0.2, 0) is 14.3 Å². The van der Waals surface area contributed by atoms with Crippen LogP contribution in [0.3, 0.4) is 0 Å². The molecule has 0 aliphatic carbocycles. The zero-order valence-corrected chi connectivity index (χ0v) is 16.3. The van der Waals surface area contributed by atoms with E-state index >= 15 is 0 Å². The number of carboxylic acids is 1. The predicted molar refractivity (Wildman–Crippen MR) is 106 cm³/mol. The van der Waals surface area contributed by atoms with Gasteiger partial charge in [-0.1, -0.05) is 63.3 Å². The lowest BCUT2D eigenvalue weighted by Crippen LogP contribution is -2.26. The van der Waals surface area contributed by atoms with Crippen LogP contribution in [0, 0.1) is 0 Å². The lowest BCUT2D eigenvalue weighted by Gasteiger charge is -2.12. The van der Waals surface area contributed by atoms with E-state index in [0.29, 0.717) is 17.9 Å². The van der Waals surface area contributed by atoms with Gasteiger partial charge in [0.05, 0.1) is 0 Å². The van der Waals surface area contributed by atoms with Crippen LogP contribution in [0.5, 0.6) is 11.5 Å². The highest BCUT2D eigenvalue weighted by molar-refractivity contribution is 5.85. The Morgan fingerprint density at radius 1 is 1.11 bits per heavy atom. The number of fused-ring (bicyclic) bond motifs is 1. The smallest absolute Gasteiger partial charge is 0.345 e. The molecule has 0 spiro atoms. The van der Waals surface area contributed by atoms with Crippen LogP contribution in [0.4, 0.5) is 0 Å². The highest BCUT2D eigenvalue weighted by atomic mass is 16.7. The van der Waals surface area contributed by atoms with Crippen molar-refractivity contribution < 1.29 is 28.9 Å². The summed E-state index contributed by atoms with van der Waals surface area (Å²) in [7, 11) is 0. The molecule has 1 aliphatic rings. The van der Waals surface area contributed by atoms with Crippen molar-refractivity contribution in [3.05, 3.63) is 42.0 Å². The summed E-state index contributed by atoms with van der Waals surface area (Å²) in [5, 5.41) is 9.22. The molecule has 1 aromatic rings. The highest BCUT2D eigenvalue weighted by Crippen LogP contribution is 2.32. The van der Waals surface area contributed by atoms with Gasteiger partial charge in [0.1, 0.15) is 0 Å². The Bertz CT molecular complexity index is 707. The SMILES string of the molecule is CCCCCCCCC(OC(=O)C=CC=Cc1ccc2c(c1)OCO2)C(=O)O. The van der Waals surface area contributed by atoms with Gasteiger partial charge in [0.2, 0.25) is 6.79 Å². The van der Waals surface area contributed by atoms with Gasteiger partial charge in [-0.25, -0.2) is 9.59 Å². The van der Waals surface area contributed by atoms with Crippen LogP contribution < -0.4 is 9.47 Å². The third kappa shape index (κ3) is 7.47. The number of unbranched alkanes of at least 4 members (excludes halogenated alkanes) is 5. The zero-order valence-electron chi connectivity index (χ0n) is 16.3. The largest absolute Gasteiger partial charge is 0.479 e. The molecule has 1 aliphatic heterocycles. The molecular weight excluding hydrogens is 360 g/mol. The van der Waals surface area contributed by atoms with Gasteiger partial charge in [-0.15, -0.1) is 0 Å². The first kappa shape index (κ1) is 21.5. The van der Waals surface area contributed by atoms with Gasteiger partial charge in [0, 0.05) is 6.08 Å². The first-order chi connectivity index (χ1) is 13.6. The van der Waals surface area contributed by atoms with Crippen molar-refractivity contribution >= 4 is 18.0 Å². The molecule has 1 atom stereocenters. The van der Waals surface area contributed by atoms with Crippen molar-refractivity contribution in [2.75, 3.05) is 6.79 Å². The van der Waals surface area contributed by atoms with E-state index in [1.807, 2.05) is 18.2 Å². The Kier molecular flexibility index (Phi) is 9.11. The molecule has 6 heteroatoms. The van der Waals surface area contributed by atoms with E-state index in [9.17, 15) is 14.7 Å². The number of aliphatic carboxylic acids is 1. The minimum Gasteiger partial charge on any atom is -0.479 e. The van der Waals surface area contributed by atoms with Crippen molar-refractivity contribution in [2.45, 2.75) is 58.0 Å². The number of carbonyl (C=O) groups excluding carboxylic acids is 1. The Labute approximate surface area is 165 Å². The molecule has 1 unspecified atom stereocenters. The van der Waals surface area contributed by atoms with E-state index in [0.717, 1.165) is 31.2 Å². The zero-order chi connectivity index (χ0) is 20.2. The molecule has 28 heavy (non-hydrogen) atoms. The molecule has 0 radical (unpaired) electrons. The second-order valence-corrected chi connectivity index (χ2v) is 6.65. The van der Waals surface area contributed by atoms with Crippen molar-refractivity contribution in [3.63, 3.8) is 0 Å². The highest BCUT2D eigenvalue weighted by Gasteiger charge is 2.20. The maximum Gasteiger partial charge on any atom is 0.345 e. The standard InChI is InChI=1S/C22H28O6/c1-2-3-4-5-6-7-11-19(22(24)25)28-21(23)12-9-8-10-17-13-14-18-20(15-17)27-16-26-18/h8-10,12-15,19H,2-7,11,16H2,1H3,(H,24,25). The van der Waals surface area contributed by atoms with E-state index in [2.05, 4.69) is 6.92 Å². The number of hydrogen-bond acceptors (Lipinski definition) is 5. The first-order valence-corrected chi connectivity index (χ1v) is 9.78. The van der Waals surface area contributed by atoms with Crippen LogP contribution in [0.1, 0.15) is 57.4 Å². The number of carbonyl (C=O) groups is 2. The van der Waals surface area contributed by atoms with Crippen LogP contribution in [0.15, 0.2) is 36.4 Å². The minimum absolute atomic E-state index is 0.220. The number of rotatable bonds is 12. The fourth-order valence-electron chi connectivity index (χ4n) is 2.84. The molecule has 0 aromatic heterocycles. The van der Waals surface area contributed by atoms with Gasteiger partial charge in [-0.3, -0.25) is 0 Å².